The molecule has 0 heterocycles. The van der Waals surface area contributed by atoms with Crippen LogP contribution in [0.3, 0.4) is 0 Å². The molecule has 0 bridgehead atoms. The van der Waals surface area contributed by atoms with Crippen LogP contribution in [0.15, 0.2) is 11.6 Å². The molecule has 166 valence electrons. The zero-order chi connectivity index (χ0) is 22.9. The topological polar surface area (TPSA) is 26.3 Å². The van der Waals surface area contributed by atoms with Crippen molar-refractivity contribution in [3.05, 3.63) is 11.6 Å². The fourth-order valence-electron chi connectivity index (χ4n) is 1.44. The highest BCUT2D eigenvalue weighted by molar-refractivity contribution is 5.87. The number of halogens is 13. The minimum atomic E-state index is -7.59. The van der Waals surface area contributed by atoms with Crippen molar-refractivity contribution in [2.45, 2.75) is 62.7 Å². The van der Waals surface area contributed by atoms with Gasteiger partial charge in [0.1, 0.15) is 0 Å². The number of hydrogen-bond acceptors (Lipinski definition) is 2. The van der Waals surface area contributed by atoms with E-state index in [1.807, 2.05) is 0 Å². The third-order valence-electron chi connectivity index (χ3n) is 3.35. The Labute approximate surface area is 148 Å². The first-order chi connectivity index (χ1) is 12.3. The Morgan fingerprint density at radius 1 is 0.821 bits per heavy atom. The lowest BCUT2D eigenvalue weighted by Crippen LogP contribution is -2.68. The van der Waals surface area contributed by atoms with Crippen LogP contribution in [-0.2, 0) is 9.53 Å². The van der Waals surface area contributed by atoms with Crippen molar-refractivity contribution in [3.63, 3.8) is 0 Å². The zero-order valence-electron chi connectivity index (χ0n) is 13.6. The van der Waals surface area contributed by atoms with Crippen molar-refractivity contribution in [1.29, 1.82) is 0 Å². The molecule has 2 nitrogen and oxygen atoms in total. The number of rotatable bonds is 9. The molecule has 0 spiro atoms. The van der Waals surface area contributed by atoms with E-state index < -0.39 is 60.4 Å². The summed E-state index contributed by atoms with van der Waals surface area (Å²) in [5.74, 6) is -31.2. The molecule has 0 fully saturated rings. The van der Waals surface area contributed by atoms with Crippen molar-refractivity contribution < 1.29 is 66.6 Å². The van der Waals surface area contributed by atoms with Gasteiger partial charge in [0.25, 0.3) is 6.43 Å². The van der Waals surface area contributed by atoms with Gasteiger partial charge < -0.3 is 4.74 Å². The van der Waals surface area contributed by atoms with E-state index in [4.69, 9.17) is 0 Å². The normalized spacial score (nSPS) is 18.1. The Bertz CT molecular complexity index is 587. The summed E-state index contributed by atoms with van der Waals surface area (Å²) in [4.78, 5) is 11.0. The fraction of sp³-hybridized carbons (Fsp3) is 0.769. The van der Waals surface area contributed by atoms with Gasteiger partial charge in [-0.15, -0.1) is 0 Å². The van der Waals surface area contributed by atoms with E-state index >= 15 is 0 Å². The lowest BCUT2D eigenvalue weighted by Gasteiger charge is -2.38. The van der Waals surface area contributed by atoms with Crippen LogP contribution in [0.25, 0.3) is 0 Å². The molecule has 0 aliphatic rings. The van der Waals surface area contributed by atoms with Gasteiger partial charge in [0.05, 0.1) is 0 Å². The molecule has 0 saturated carbocycles. The standard InChI is InChI=1S/C13H11F13O2/c1-3-4(2)8(27)28-9(18)11(21,22)13(25,26)12(23,24)10(19,20)6(15)5(14)7(16)17/h3,5-7,9H,1-2H3. The molecule has 0 aromatic rings. The van der Waals surface area contributed by atoms with Gasteiger partial charge >= 0.3 is 36.0 Å². The highest BCUT2D eigenvalue weighted by Crippen LogP contribution is 2.56. The smallest absolute Gasteiger partial charge is 0.385 e. The summed E-state index contributed by atoms with van der Waals surface area (Å²) in [6.45, 7) is 1.84. The fourth-order valence-corrected chi connectivity index (χ4v) is 1.44. The summed E-state index contributed by atoms with van der Waals surface area (Å²) >= 11 is 0. The zero-order valence-corrected chi connectivity index (χ0v) is 13.6. The minimum Gasteiger partial charge on any atom is -0.421 e. The summed E-state index contributed by atoms with van der Waals surface area (Å²) in [7, 11) is 0. The van der Waals surface area contributed by atoms with Crippen LogP contribution in [0.1, 0.15) is 13.8 Å². The van der Waals surface area contributed by atoms with Gasteiger partial charge in [-0.2, -0.15) is 39.5 Å². The molecule has 0 N–H and O–H groups in total. The van der Waals surface area contributed by atoms with Crippen LogP contribution in [-0.4, -0.2) is 54.8 Å². The number of carbonyl (C=O) groups excluding carboxylic acids is 1. The van der Waals surface area contributed by atoms with Crippen molar-refractivity contribution in [3.8, 4) is 0 Å². The van der Waals surface area contributed by atoms with Crippen LogP contribution in [0, 0.1) is 0 Å². The molecule has 0 aliphatic heterocycles. The van der Waals surface area contributed by atoms with Crippen LogP contribution in [0.4, 0.5) is 57.1 Å². The van der Waals surface area contributed by atoms with Crippen LogP contribution in [0.2, 0.25) is 0 Å². The van der Waals surface area contributed by atoms with Crippen molar-refractivity contribution >= 4 is 5.97 Å². The lowest BCUT2D eigenvalue weighted by atomic mass is 9.93. The average molecular weight is 446 g/mol. The third kappa shape index (κ3) is 4.31. The maximum atomic E-state index is 13.4. The van der Waals surface area contributed by atoms with E-state index in [0.717, 1.165) is 19.9 Å². The predicted octanol–water partition coefficient (Wildman–Crippen LogP) is 5.27. The molecule has 0 aromatic heterocycles. The highest BCUT2D eigenvalue weighted by atomic mass is 19.4. The summed E-state index contributed by atoms with van der Waals surface area (Å²) in [6, 6.07) is 0. The summed E-state index contributed by atoms with van der Waals surface area (Å²) < 4.78 is 172. The second-order valence-corrected chi connectivity index (χ2v) is 5.27. The Hall–Kier alpha value is -1.70. The van der Waals surface area contributed by atoms with Crippen molar-refractivity contribution in [2.75, 3.05) is 0 Å². The van der Waals surface area contributed by atoms with E-state index in [1.165, 1.54) is 0 Å². The van der Waals surface area contributed by atoms with Crippen molar-refractivity contribution in [1.82, 2.24) is 0 Å². The second-order valence-electron chi connectivity index (χ2n) is 5.27. The Morgan fingerprint density at radius 2 is 1.21 bits per heavy atom. The quantitative estimate of drug-likeness (QED) is 0.274. The molecule has 3 atom stereocenters. The number of allylic oxidation sites excluding steroid dienone is 1. The van der Waals surface area contributed by atoms with Crippen LogP contribution in [0.5, 0.6) is 0 Å². The molecule has 0 rings (SSSR count). The molecule has 3 unspecified atom stereocenters. The summed E-state index contributed by atoms with van der Waals surface area (Å²) in [5.41, 5.74) is -0.681. The number of esters is 1. The molecule has 0 radical (unpaired) electrons. The predicted molar refractivity (Wildman–Crippen MR) is 66.0 cm³/mol. The van der Waals surface area contributed by atoms with Gasteiger partial charge in [-0.05, 0) is 13.8 Å². The van der Waals surface area contributed by atoms with Gasteiger partial charge in [0, 0.05) is 5.57 Å². The number of carbonyl (C=O) groups is 1. The first kappa shape index (κ1) is 26.3. The van der Waals surface area contributed by atoms with E-state index in [9.17, 15) is 61.9 Å². The Kier molecular flexibility index (Phi) is 7.84. The number of hydrogen-bond donors (Lipinski definition) is 0. The summed E-state index contributed by atoms with van der Waals surface area (Å²) in [6.07, 6.45) is -19.0. The molecule has 0 aromatic carbocycles. The molecule has 0 aliphatic carbocycles. The summed E-state index contributed by atoms with van der Waals surface area (Å²) in [5, 5.41) is 0. The molecule has 0 saturated heterocycles. The van der Waals surface area contributed by atoms with Gasteiger partial charge in [0.15, 0.2) is 6.17 Å². The highest BCUT2D eigenvalue weighted by Gasteiger charge is 2.85. The largest absolute Gasteiger partial charge is 0.421 e. The van der Waals surface area contributed by atoms with E-state index in [1.54, 1.807) is 0 Å². The van der Waals surface area contributed by atoms with E-state index in [0.29, 0.717) is 0 Å². The Morgan fingerprint density at radius 3 is 1.57 bits per heavy atom. The van der Waals surface area contributed by atoms with Gasteiger partial charge in [-0.25, -0.2) is 22.4 Å². The van der Waals surface area contributed by atoms with Crippen LogP contribution >= 0.6 is 0 Å². The lowest BCUT2D eigenvalue weighted by molar-refractivity contribution is -0.399. The maximum absolute atomic E-state index is 13.4. The Balaban J connectivity index is 5.99. The van der Waals surface area contributed by atoms with E-state index in [2.05, 4.69) is 4.74 Å². The van der Waals surface area contributed by atoms with Gasteiger partial charge in [-0.3, -0.25) is 0 Å². The van der Waals surface area contributed by atoms with Crippen LogP contribution < -0.4 is 0 Å². The van der Waals surface area contributed by atoms with Crippen molar-refractivity contribution in [2.24, 2.45) is 0 Å². The van der Waals surface area contributed by atoms with Gasteiger partial charge in [-0.1, -0.05) is 6.08 Å². The number of ether oxygens (including phenoxy) is 1. The second kappa shape index (κ2) is 8.35. The molecule has 15 heteroatoms. The van der Waals surface area contributed by atoms with Gasteiger partial charge in [0.2, 0.25) is 6.17 Å². The number of alkyl halides is 13. The monoisotopic (exact) mass is 446 g/mol. The first-order valence-corrected chi connectivity index (χ1v) is 6.86. The first-order valence-electron chi connectivity index (χ1n) is 6.86. The molecular formula is C13H11F13O2. The molecule has 0 amide bonds. The maximum Gasteiger partial charge on any atom is 0.385 e. The SMILES string of the molecule is CC=C(C)C(=O)OC(F)C(F)(F)C(F)(F)C(F)(F)C(F)(F)C(F)C(F)C(F)F. The molecule has 28 heavy (non-hydrogen) atoms. The van der Waals surface area contributed by atoms with E-state index in [-0.39, 0.29) is 0 Å². The average Bonchev–Trinajstić information content (AvgIpc) is 2.58. The minimum absolute atomic E-state index is 0.681. The molecular weight excluding hydrogens is 435 g/mol. The third-order valence-corrected chi connectivity index (χ3v) is 3.35.